The lowest BCUT2D eigenvalue weighted by atomic mass is 10.00. The van der Waals surface area contributed by atoms with Crippen molar-refractivity contribution < 1.29 is 79.0 Å². The fourth-order valence-electron chi connectivity index (χ4n) is 16.8. The summed E-state index contributed by atoms with van der Waals surface area (Å²) in [7, 11) is 0. The molecule has 0 amide bonds. The Morgan fingerprint density at radius 3 is 1.35 bits per heavy atom. The largest absolute Gasteiger partial charge is 0.444 e. The lowest BCUT2D eigenvalue weighted by Gasteiger charge is -2.27. The van der Waals surface area contributed by atoms with Crippen LogP contribution >= 0.6 is 23.2 Å². The van der Waals surface area contributed by atoms with Crippen molar-refractivity contribution in [3.63, 3.8) is 0 Å². The summed E-state index contributed by atoms with van der Waals surface area (Å²) in [5.41, 5.74) is 9.54. The van der Waals surface area contributed by atoms with Gasteiger partial charge < -0.3 is 60.9 Å². The number of hydrogen-bond donors (Lipinski definition) is 0. The number of hydrogen-bond acceptors (Lipinski definition) is 19. The zero-order valence-corrected chi connectivity index (χ0v) is 72.3. The van der Waals surface area contributed by atoms with Gasteiger partial charge in [0.2, 0.25) is 0 Å². The normalized spacial score (nSPS) is 18.9. The number of rotatable bonds is 21. The number of carbonyl (C=O) groups excluding carboxylic acids is 3. The van der Waals surface area contributed by atoms with Gasteiger partial charge in [0.1, 0.15) is 57.9 Å². The van der Waals surface area contributed by atoms with E-state index < -0.39 is 46.4 Å². The third-order valence-electron chi connectivity index (χ3n) is 24.1. The molecular weight excluding hydrogens is 1720 g/mol. The molecule has 656 valence electrons. The topological polar surface area (TPSA) is 259 Å². The average molecular weight is 1790 g/mol. The third-order valence-corrected chi connectivity index (χ3v) is 24.6. The first kappa shape index (κ1) is 85.5. The highest BCUT2D eigenvalue weighted by atomic mass is 35.5. The van der Waals surface area contributed by atoms with Crippen LogP contribution in [0.4, 0.5) is 22.0 Å². The number of Topliss-reactive ketones (excluding diaryl/α,β-unsaturated/α-hetero) is 3. The van der Waals surface area contributed by atoms with Gasteiger partial charge in [-0.1, -0.05) is 59.6 Å². The summed E-state index contributed by atoms with van der Waals surface area (Å²) in [6.07, 6.45) is 7.46. The summed E-state index contributed by atoms with van der Waals surface area (Å²) in [5, 5.41) is 10.1. The molecule has 9 aromatic carbocycles. The smallest absolute Gasteiger partial charge is 0.292 e. The maximum absolute atomic E-state index is 15.8. The molecule has 3 unspecified atom stereocenters. The minimum Gasteiger partial charge on any atom is -0.444 e. The molecule has 15 aromatic rings. The SMILES string of the molecule is CC(=O)c1ccc2nc(Cc3c(F)cc(-c4cccc5c4OC(C)(c4ccc(Cl)cn4)O5)cc3F)n(C[C@@H]3CCO3)c2c1.CC(=O)c1ccc2nc(Cc3cc(F)c(-c4cccc5c4OC(C)(c4ccc(C#N)cc4F)O5)cc3F)n(C[C@@H]3CCO3)c2c1.CC(=O)c1ccc2nc(Cn3ccc(-c4cccc5c4OC(C)(c4ccc(Cl)cn4)O5)cc3=O)n(C[C@@H]3CCO3)c2c1. The molecule has 0 N–H and O–H groups in total. The highest BCUT2D eigenvalue weighted by molar-refractivity contribution is 6.30. The fourth-order valence-corrected chi connectivity index (χ4v) is 17.0. The van der Waals surface area contributed by atoms with Crippen molar-refractivity contribution in [1.29, 1.82) is 5.26 Å². The van der Waals surface area contributed by atoms with E-state index in [0.717, 1.165) is 77.5 Å². The maximum atomic E-state index is 15.8. The molecule has 3 saturated heterocycles. The van der Waals surface area contributed by atoms with Gasteiger partial charge in [-0.15, -0.1) is 0 Å². The fraction of sp³-hybridized carbons (Fsp3) is 0.240. The lowest BCUT2D eigenvalue weighted by molar-refractivity contribution is -0.0719. The van der Waals surface area contributed by atoms with Crippen molar-refractivity contribution >= 4 is 73.7 Å². The van der Waals surface area contributed by atoms with E-state index in [1.54, 1.807) is 147 Å². The van der Waals surface area contributed by atoms with Crippen LogP contribution in [0.25, 0.3) is 66.5 Å². The number of benzene rings is 9. The summed E-state index contributed by atoms with van der Waals surface area (Å²) in [6, 6.07) is 52.5. The standard InChI is InChI=1S/C35H26F3N3O4.C33H26ClF2N3O4.C32H27ClN4O5/c1-19(42)21-7-9-30-31(14-21)41(18-23-10-11-43-23)33(40-30)15-22-13-28(37)25(16-27(22)36)24-4-3-5-32-34(24)45-35(2,44-32)26-8-6-20(17-39)12-29(26)38;1-18(40)19-6-8-27-28(14-19)39(17-22-10-11-41-22)31(38-27)15-24-25(35)12-20(13-26(24)36)23-4-3-5-29-32(23)43-33(2,42-29)30-9-7-21(34)16-37-30;1-19(38)20-6-8-25-26(14-20)37(17-23-11-13-40-23)29(35-25)18-36-12-10-21(15-30(36)39)24-4-3-5-27-31(24)42-32(2,41-27)28-9-7-22(33)16-34-28/h3-9,12-14,16,23H,10-11,15,18H2,1-2H3;3-9,12-14,16,22H,10-11,15,17H2,1-2H3;3-10,12,14-16,23H,11,13,17-18H2,1-2H3/t23-,35?;22-,33?;23-,32?/m000/s1. The zero-order chi connectivity index (χ0) is 90.3. The summed E-state index contributed by atoms with van der Waals surface area (Å²) in [4.78, 5) is 72.5. The van der Waals surface area contributed by atoms with E-state index in [1.807, 2.05) is 51.6 Å². The molecule has 6 atom stereocenters. The molecule has 6 aliphatic rings. The number of halogens is 7. The number of carbonyl (C=O) groups is 3. The van der Waals surface area contributed by atoms with Crippen molar-refractivity contribution in [2.24, 2.45) is 0 Å². The van der Waals surface area contributed by atoms with Crippen LogP contribution < -0.4 is 34.0 Å². The number of imidazole rings is 3. The Morgan fingerprint density at radius 1 is 0.454 bits per heavy atom. The predicted molar refractivity (Wildman–Crippen MR) is 472 cm³/mol. The first-order valence-electron chi connectivity index (χ1n) is 42.1. The van der Waals surface area contributed by atoms with E-state index in [2.05, 4.69) is 14.5 Å². The molecule has 12 heterocycles. The van der Waals surface area contributed by atoms with Crippen LogP contribution in [-0.4, -0.2) is 98.7 Å². The van der Waals surface area contributed by atoms with Crippen LogP contribution in [-0.2, 0) is 70.6 Å². The molecule has 23 nitrogen and oxygen atoms in total. The quantitative estimate of drug-likeness (QED) is 0.0478. The molecule has 6 aliphatic heterocycles. The highest BCUT2D eigenvalue weighted by Crippen LogP contribution is 2.53. The molecule has 0 saturated carbocycles. The Balaban J connectivity index is 0.000000126. The van der Waals surface area contributed by atoms with E-state index in [1.165, 1.54) is 51.2 Å². The van der Waals surface area contributed by atoms with Gasteiger partial charge in [-0.05, 0) is 202 Å². The lowest BCUT2D eigenvalue weighted by Crippen LogP contribution is -2.32. The summed E-state index contributed by atoms with van der Waals surface area (Å²) in [6.45, 7) is 13.5. The van der Waals surface area contributed by atoms with Gasteiger partial charge in [0.25, 0.3) is 22.9 Å². The summed E-state index contributed by atoms with van der Waals surface area (Å²) in [5.74, 6) is -3.61. The minimum absolute atomic E-state index is 0.00237. The Bertz CT molecular complexity index is 7210. The number of nitrogens with zero attached hydrogens (tertiary/aromatic N) is 10. The third kappa shape index (κ3) is 16.5. The van der Waals surface area contributed by atoms with Crippen LogP contribution in [0.5, 0.6) is 34.5 Å². The Labute approximate surface area is 750 Å². The number of ketones is 3. The minimum atomic E-state index is -1.60. The number of nitriles is 1. The Kier molecular flexibility index (Phi) is 22.5. The van der Waals surface area contributed by atoms with Crippen LogP contribution in [0.15, 0.2) is 211 Å². The number of pyridine rings is 3. The molecule has 6 aromatic heterocycles. The van der Waals surface area contributed by atoms with E-state index in [9.17, 15) is 23.6 Å². The Morgan fingerprint density at radius 2 is 0.900 bits per heavy atom. The molecule has 130 heavy (non-hydrogen) atoms. The second-order valence-electron chi connectivity index (χ2n) is 33.0. The average Bonchev–Trinajstić information content (AvgIpc) is 1.60. The van der Waals surface area contributed by atoms with Crippen LogP contribution in [0.2, 0.25) is 10.0 Å². The van der Waals surface area contributed by atoms with E-state index in [0.29, 0.717) is 133 Å². The van der Waals surface area contributed by atoms with Crippen LogP contribution in [0.1, 0.15) is 143 Å². The second kappa shape index (κ2) is 34.2. The Hall–Kier alpha value is -14.0. The van der Waals surface area contributed by atoms with Gasteiger partial charge in [0.05, 0.1) is 105 Å². The van der Waals surface area contributed by atoms with Gasteiger partial charge in [0.15, 0.2) is 51.8 Å². The van der Waals surface area contributed by atoms with Crippen molar-refractivity contribution in [3.8, 4) is 73.9 Å². The first-order valence-corrected chi connectivity index (χ1v) is 42.8. The summed E-state index contributed by atoms with van der Waals surface area (Å²) >= 11 is 12.0. The number of aromatic nitrogens is 9. The van der Waals surface area contributed by atoms with Crippen LogP contribution in [0.3, 0.4) is 0 Å². The molecule has 0 spiro atoms. The van der Waals surface area contributed by atoms with E-state index in [4.69, 9.17) is 86.0 Å². The maximum Gasteiger partial charge on any atom is 0.292 e. The van der Waals surface area contributed by atoms with Gasteiger partial charge in [-0.2, -0.15) is 5.26 Å². The van der Waals surface area contributed by atoms with Gasteiger partial charge >= 0.3 is 0 Å². The van der Waals surface area contributed by atoms with Gasteiger partial charge in [-0.25, -0.2) is 36.9 Å². The number of para-hydroxylation sites is 3. The predicted octanol–water partition coefficient (Wildman–Crippen LogP) is 20.1. The molecule has 0 bridgehead atoms. The van der Waals surface area contributed by atoms with Gasteiger partial charge in [-0.3, -0.25) is 29.1 Å². The molecule has 30 heteroatoms. The van der Waals surface area contributed by atoms with E-state index >= 15 is 17.6 Å². The molecule has 0 radical (unpaired) electrons. The van der Waals surface area contributed by atoms with Crippen molar-refractivity contribution in [1.82, 2.24) is 43.2 Å². The van der Waals surface area contributed by atoms with Crippen molar-refractivity contribution in [3.05, 3.63) is 324 Å². The zero-order valence-electron chi connectivity index (χ0n) is 70.8. The molecule has 3 fully saturated rings. The molecule has 21 rings (SSSR count). The molecular formula is C100H79Cl2F5N10O13. The van der Waals surface area contributed by atoms with Crippen LogP contribution in [0, 0.1) is 40.4 Å². The first-order chi connectivity index (χ1) is 62.6. The number of fused-ring (bicyclic) bond motifs is 6. The second-order valence-corrected chi connectivity index (χ2v) is 33.9. The highest BCUT2D eigenvalue weighted by Gasteiger charge is 2.46. The molecule has 0 aliphatic carbocycles. The number of ether oxygens (including phenoxy) is 9. The monoisotopic (exact) mass is 1790 g/mol. The summed E-state index contributed by atoms with van der Waals surface area (Å²) < 4.78 is 139. The van der Waals surface area contributed by atoms with E-state index in [-0.39, 0.29) is 105 Å². The van der Waals surface area contributed by atoms with Crippen molar-refractivity contribution in [2.75, 3.05) is 19.8 Å². The van der Waals surface area contributed by atoms with Gasteiger partial charge in [0, 0.05) is 123 Å². The van der Waals surface area contributed by atoms with Crippen molar-refractivity contribution in [2.45, 2.75) is 135 Å².